The third-order valence-electron chi connectivity index (χ3n) is 3.73. The molecule has 0 saturated carbocycles. The van der Waals surface area contributed by atoms with Crippen LogP contribution in [-0.2, 0) is 0 Å². The fourth-order valence-electron chi connectivity index (χ4n) is 2.29. The number of aliphatic hydroxyl groups excluding tert-OH is 1. The van der Waals surface area contributed by atoms with Crippen LogP contribution in [0.25, 0.3) is 0 Å². The minimum atomic E-state index is -0.150. The zero-order valence-corrected chi connectivity index (χ0v) is 10.6. The second-order valence-electron chi connectivity index (χ2n) is 5.32. The fourth-order valence-corrected chi connectivity index (χ4v) is 2.29. The zero-order valence-electron chi connectivity index (χ0n) is 10.6. The number of hydrogen-bond acceptors (Lipinski definition) is 2. The molecule has 1 aliphatic heterocycles. The van der Waals surface area contributed by atoms with Crippen molar-refractivity contribution in [1.29, 1.82) is 0 Å². The molecule has 1 N–H and O–H groups in total. The molecule has 1 saturated heterocycles. The van der Waals surface area contributed by atoms with Crippen molar-refractivity contribution in [2.45, 2.75) is 52.6 Å². The van der Waals surface area contributed by atoms with Gasteiger partial charge in [0.05, 0.1) is 6.10 Å². The number of hydrogen-bond donors (Lipinski definition) is 1. The lowest BCUT2D eigenvalue weighted by atomic mass is 9.98. The Balaban J connectivity index is 2.31. The molecule has 0 bridgehead atoms. The van der Waals surface area contributed by atoms with Crippen molar-refractivity contribution in [3.05, 3.63) is 0 Å². The highest BCUT2D eigenvalue weighted by atomic mass is 16.3. The second kappa shape index (κ2) is 6.49. The molecule has 2 heteroatoms. The fraction of sp³-hybridized carbons (Fsp3) is 1.00. The standard InChI is InChI=1S/C13H27NO/c1-4-12-6-5-8-14(9-7-12)10-13(15)11(2)3/h11-13,15H,4-10H2,1-3H3. The van der Waals surface area contributed by atoms with Gasteiger partial charge in [-0.15, -0.1) is 0 Å². The van der Waals surface area contributed by atoms with E-state index in [1.54, 1.807) is 0 Å². The lowest BCUT2D eigenvalue weighted by molar-refractivity contribution is 0.0772. The van der Waals surface area contributed by atoms with Crippen LogP contribution in [0, 0.1) is 11.8 Å². The van der Waals surface area contributed by atoms with Gasteiger partial charge in [-0.2, -0.15) is 0 Å². The van der Waals surface area contributed by atoms with Crippen LogP contribution >= 0.6 is 0 Å². The summed E-state index contributed by atoms with van der Waals surface area (Å²) < 4.78 is 0. The van der Waals surface area contributed by atoms with Crippen LogP contribution in [0.1, 0.15) is 46.5 Å². The van der Waals surface area contributed by atoms with Crippen LogP contribution < -0.4 is 0 Å². The highest BCUT2D eigenvalue weighted by Gasteiger charge is 2.19. The van der Waals surface area contributed by atoms with Crippen molar-refractivity contribution in [1.82, 2.24) is 4.90 Å². The minimum absolute atomic E-state index is 0.150. The number of likely N-dealkylation sites (tertiary alicyclic amines) is 1. The highest BCUT2D eigenvalue weighted by molar-refractivity contribution is 4.72. The van der Waals surface area contributed by atoms with E-state index >= 15 is 0 Å². The maximum absolute atomic E-state index is 9.85. The van der Waals surface area contributed by atoms with Crippen LogP contribution in [0.15, 0.2) is 0 Å². The molecule has 0 radical (unpaired) electrons. The summed E-state index contributed by atoms with van der Waals surface area (Å²) in [6.07, 6.45) is 5.18. The summed E-state index contributed by atoms with van der Waals surface area (Å²) in [6, 6.07) is 0. The quantitative estimate of drug-likeness (QED) is 0.775. The molecular formula is C13H27NO. The Morgan fingerprint density at radius 1 is 1.27 bits per heavy atom. The Morgan fingerprint density at radius 3 is 2.60 bits per heavy atom. The van der Waals surface area contributed by atoms with Crippen molar-refractivity contribution < 1.29 is 5.11 Å². The molecule has 0 aromatic heterocycles. The molecule has 0 amide bonds. The third kappa shape index (κ3) is 4.52. The molecule has 2 unspecified atom stereocenters. The summed E-state index contributed by atoms with van der Waals surface area (Å²) >= 11 is 0. The summed E-state index contributed by atoms with van der Waals surface area (Å²) in [7, 11) is 0. The van der Waals surface area contributed by atoms with E-state index in [0.717, 1.165) is 12.5 Å². The predicted octanol–water partition coefficient (Wildman–Crippen LogP) is 2.52. The molecule has 90 valence electrons. The molecule has 0 aliphatic carbocycles. The van der Waals surface area contributed by atoms with Gasteiger partial charge in [0.1, 0.15) is 0 Å². The van der Waals surface area contributed by atoms with Gasteiger partial charge in [0.2, 0.25) is 0 Å². The highest BCUT2D eigenvalue weighted by Crippen LogP contribution is 2.20. The molecule has 2 atom stereocenters. The Bertz CT molecular complexity index is 170. The summed E-state index contributed by atoms with van der Waals surface area (Å²) in [5.41, 5.74) is 0. The average Bonchev–Trinajstić information content (AvgIpc) is 2.43. The van der Waals surface area contributed by atoms with Crippen LogP contribution in [0.2, 0.25) is 0 Å². The van der Waals surface area contributed by atoms with Gasteiger partial charge >= 0.3 is 0 Å². The van der Waals surface area contributed by atoms with E-state index in [1.807, 2.05) is 0 Å². The van der Waals surface area contributed by atoms with Gasteiger partial charge in [-0.1, -0.05) is 27.2 Å². The van der Waals surface area contributed by atoms with E-state index < -0.39 is 0 Å². The average molecular weight is 213 g/mol. The SMILES string of the molecule is CCC1CCCN(CC(O)C(C)C)CC1. The van der Waals surface area contributed by atoms with E-state index in [4.69, 9.17) is 0 Å². The first-order valence-electron chi connectivity index (χ1n) is 6.54. The van der Waals surface area contributed by atoms with Gasteiger partial charge in [-0.3, -0.25) is 0 Å². The number of β-amino-alcohol motifs (C(OH)–C–C–N with tert-alkyl or cyclic N) is 1. The molecule has 0 spiro atoms. The van der Waals surface area contributed by atoms with Crippen molar-refractivity contribution in [2.24, 2.45) is 11.8 Å². The van der Waals surface area contributed by atoms with Gasteiger partial charge in [0.15, 0.2) is 0 Å². The number of rotatable bonds is 4. The molecule has 0 aromatic carbocycles. The Kier molecular flexibility index (Phi) is 5.62. The molecule has 1 rings (SSSR count). The topological polar surface area (TPSA) is 23.5 Å². The zero-order chi connectivity index (χ0) is 11.3. The van der Waals surface area contributed by atoms with E-state index in [-0.39, 0.29) is 6.10 Å². The van der Waals surface area contributed by atoms with Gasteiger partial charge in [0.25, 0.3) is 0 Å². The molecule has 2 nitrogen and oxygen atoms in total. The van der Waals surface area contributed by atoms with E-state index in [1.165, 1.54) is 38.8 Å². The maximum atomic E-state index is 9.85. The summed E-state index contributed by atoms with van der Waals surface area (Å²) in [5, 5.41) is 9.85. The summed E-state index contributed by atoms with van der Waals surface area (Å²) in [5.74, 6) is 1.31. The van der Waals surface area contributed by atoms with Crippen LogP contribution in [0.3, 0.4) is 0 Å². The first kappa shape index (κ1) is 13.0. The molecular weight excluding hydrogens is 186 g/mol. The van der Waals surface area contributed by atoms with Crippen LogP contribution in [-0.4, -0.2) is 35.7 Å². The second-order valence-corrected chi connectivity index (χ2v) is 5.32. The molecule has 1 heterocycles. The lowest BCUT2D eigenvalue weighted by Crippen LogP contribution is -2.35. The first-order valence-corrected chi connectivity index (χ1v) is 6.54. The van der Waals surface area contributed by atoms with Gasteiger partial charge < -0.3 is 10.0 Å². The molecule has 1 aliphatic rings. The first-order chi connectivity index (χ1) is 7.13. The Morgan fingerprint density at radius 2 is 2.00 bits per heavy atom. The Hall–Kier alpha value is -0.0800. The summed E-state index contributed by atoms with van der Waals surface area (Å²) in [4.78, 5) is 2.44. The van der Waals surface area contributed by atoms with Crippen molar-refractivity contribution in [2.75, 3.05) is 19.6 Å². The molecule has 15 heavy (non-hydrogen) atoms. The van der Waals surface area contributed by atoms with E-state index in [2.05, 4.69) is 25.7 Å². The monoisotopic (exact) mass is 213 g/mol. The van der Waals surface area contributed by atoms with Gasteiger partial charge in [-0.05, 0) is 44.2 Å². The lowest BCUT2D eigenvalue weighted by Gasteiger charge is -2.25. The Labute approximate surface area is 94.7 Å². The minimum Gasteiger partial charge on any atom is -0.392 e. The largest absolute Gasteiger partial charge is 0.392 e. The maximum Gasteiger partial charge on any atom is 0.0689 e. The molecule has 0 aromatic rings. The normalized spacial score (nSPS) is 26.6. The van der Waals surface area contributed by atoms with E-state index in [9.17, 15) is 5.11 Å². The summed E-state index contributed by atoms with van der Waals surface area (Å²) in [6.45, 7) is 9.72. The smallest absolute Gasteiger partial charge is 0.0689 e. The number of nitrogens with zero attached hydrogens (tertiary/aromatic N) is 1. The van der Waals surface area contributed by atoms with Crippen LogP contribution in [0.5, 0.6) is 0 Å². The van der Waals surface area contributed by atoms with Gasteiger partial charge in [-0.25, -0.2) is 0 Å². The van der Waals surface area contributed by atoms with Crippen LogP contribution in [0.4, 0.5) is 0 Å². The van der Waals surface area contributed by atoms with Gasteiger partial charge in [0, 0.05) is 6.54 Å². The van der Waals surface area contributed by atoms with Crippen molar-refractivity contribution in [3.63, 3.8) is 0 Å². The van der Waals surface area contributed by atoms with Crippen molar-refractivity contribution >= 4 is 0 Å². The molecule has 1 fully saturated rings. The third-order valence-corrected chi connectivity index (χ3v) is 3.73. The van der Waals surface area contributed by atoms with E-state index in [0.29, 0.717) is 5.92 Å². The predicted molar refractivity (Wildman–Crippen MR) is 64.9 cm³/mol. The number of aliphatic hydroxyl groups is 1. The van der Waals surface area contributed by atoms with Crippen molar-refractivity contribution in [3.8, 4) is 0 Å².